The first-order valence-corrected chi connectivity index (χ1v) is 10.6. The van der Waals surface area contributed by atoms with Crippen molar-refractivity contribution in [1.82, 2.24) is 4.57 Å². The lowest BCUT2D eigenvalue weighted by atomic mass is 10.0. The summed E-state index contributed by atoms with van der Waals surface area (Å²) in [4.78, 5) is 17.8. The van der Waals surface area contributed by atoms with E-state index in [-0.39, 0.29) is 12.7 Å². The molecule has 31 heavy (non-hydrogen) atoms. The Morgan fingerprint density at radius 2 is 1.74 bits per heavy atom. The van der Waals surface area contributed by atoms with Gasteiger partial charge in [0, 0.05) is 17.7 Å². The summed E-state index contributed by atoms with van der Waals surface area (Å²) in [6.45, 7) is 0.513. The highest BCUT2D eigenvalue weighted by Gasteiger charge is 2.18. The summed E-state index contributed by atoms with van der Waals surface area (Å²) in [5.41, 5.74) is 3.78. The first-order chi connectivity index (χ1) is 15.2. The average Bonchev–Trinajstić information content (AvgIpc) is 3.37. The van der Waals surface area contributed by atoms with Crippen molar-refractivity contribution < 1.29 is 14.3 Å². The standard InChI is InChI=1S/C25H18N2O3S/c1-2-12-27-20-14-21-22(30-16-29-21)15-23(20)31-25(27)26-24(28)19-10-8-18(9-11-19)13-17-6-4-3-5-7-17/h1,3-11,14-15H,12-13,16H2. The predicted molar refractivity (Wildman–Crippen MR) is 120 cm³/mol. The van der Waals surface area contributed by atoms with Crippen molar-refractivity contribution >= 4 is 27.5 Å². The van der Waals surface area contributed by atoms with Crippen LogP contribution in [0.25, 0.3) is 10.2 Å². The van der Waals surface area contributed by atoms with Crippen LogP contribution in [0.4, 0.5) is 0 Å². The van der Waals surface area contributed by atoms with Gasteiger partial charge in [0.15, 0.2) is 16.3 Å². The SMILES string of the molecule is C#CCn1c(=NC(=O)c2ccc(Cc3ccccc3)cc2)sc2cc3c(cc21)OCO3. The molecule has 1 aliphatic rings. The molecule has 0 saturated carbocycles. The summed E-state index contributed by atoms with van der Waals surface area (Å²) in [5, 5.41) is 0. The van der Waals surface area contributed by atoms with Crippen LogP contribution in [0.1, 0.15) is 21.5 Å². The van der Waals surface area contributed by atoms with Crippen LogP contribution in [-0.4, -0.2) is 17.3 Å². The lowest BCUT2D eigenvalue weighted by Gasteiger charge is -2.03. The van der Waals surface area contributed by atoms with Gasteiger partial charge in [-0.2, -0.15) is 4.99 Å². The molecule has 1 aromatic heterocycles. The van der Waals surface area contributed by atoms with Gasteiger partial charge in [-0.1, -0.05) is 59.7 Å². The quantitative estimate of drug-likeness (QED) is 0.455. The number of nitrogens with zero attached hydrogens (tertiary/aromatic N) is 2. The van der Waals surface area contributed by atoms with Gasteiger partial charge in [-0.3, -0.25) is 4.79 Å². The molecule has 0 aliphatic carbocycles. The van der Waals surface area contributed by atoms with Gasteiger partial charge in [-0.05, 0) is 29.7 Å². The fourth-order valence-corrected chi connectivity index (χ4v) is 4.58. The van der Waals surface area contributed by atoms with Crippen molar-refractivity contribution in [3.05, 3.63) is 88.2 Å². The maximum absolute atomic E-state index is 12.8. The third-order valence-electron chi connectivity index (χ3n) is 5.08. The minimum Gasteiger partial charge on any atom is -0.454 e. The van der Waals surface area contributed by atoms with Crippen molar-refractivity contribution in [2.45, 2.75) is 13.0 Å². The van der Waals surface area contributed by atoms with E-state index >= 15 is 0 Å². The van der Waals surface area contributed by atoms with Crippen molar-refractivity contribution in [2.75, 3.05) is 6.79 Å². The number of carbonyl (C=O) groups excluding carboxylic acids is 1. The number of rotatable bonds is 4. The number of aromatic nitrogens is 1. The smallest absolute Gasteiger partial charge is 0.279 e. The fourth-order valence-electron chi connectivity index (χ4n) is 3.54. The normalized spacial score (nSPS) is 12.8. The van der Waals surface area contributed by atoms with E-state index in [0.717, 1.165) is 22.2 Å². The molecule has 6 heteroatoms. The summed E-state index contributed by atoms with van der Waals surface area (Å²) in [6.07, 6.45) is 6.38. The molecule has 0 spiro atoms. The summed E-state index contributed by atoms with van der Waals surface area (Å²) in [7, 11) is 0. The Hall–Kier alpha value is -3.82. The maximum Gasteiger partial charge on any atom is 0.279 e. The van der Waals surface area contributed by atoms with E-state index in [9.17, 15) is 4.79 Å². The zero-order valence-corrected chi connectivity index (χ0v) is 17.4. The lowest BCUT2D eigenvalue weighted by molar-refractivity contribution is 0.0998. The molecule has 1 amide bonds. The Labute approximate surface area is 183 Å². The molecule has 1 aliphatic heterocycles. The van der Waals surface area contributed by atoms with Crippen molar-refractivity contribution in [3.8, 4) is 23.8 Å². The molecule has 2 heterocycles. The first-order valence-electron chi connectivity index (χ1n) is 9.79. The fraction of sp³-hybridized carbons (Fsp3) is 0.120. The second-order valence-corrected chi connectivity index (χ2v) is 8.13. The van der Waals surface area contributed by atoms with Crippen LogP contribution in [-0.2, 0) is 13.0 Å². The summed E-state index contributed by atoms with van der Waals surface area (Å²) in [6, 6.07) is 21.6. The van der Waals surface area contributed by atoms with E-state index < -0.39 is 0 Å². The van der Waals surface area contributed by atoms with E-state index in [1.807, 2.05) is 59.2 Å². The van der Waals surface area contributed by atoms with Gasteiger partial charge in [-0.25, -0.2) is 0 Å². The number of terminal acetylenes is 1. The van der Waals surface area contributed by atoms with Gasteiger partial charge < -0.3 is 14.0 Å². The Kier molecular flexibility index (Phi) is 5.03. The molecule has 4 aromatic rings. The number of ether oxygens (including phenoxy) is 2. The minimum atomic E-state index is -0.302. The van der Waals surface area contributed by atoms with E-state index in [1.54, 1.807) is 0 Å². The molecule has 0 radical (unpaired) electrons. The van der Waals surface area contributed by atoms with Crippen LogP contribution in [0.3, 0.4) is 0 Å². The molecule has 0 atom stereocenters. The van der Waals surface area contributed by atoms with E-state index in [1.165, 1.54) is 16.9 Å². The second kappa shape index (κ2) is 8.13. The molecule has 0 unspecified atom stereocenters. The molecule has 152 valence electrons. The van der Waals surface area contributed by atoms with Crippen LogP contribution in [0.5, 0.6) is 11.5 Å². The Balaban J connectivity index is 1.46. The first kappa shape index (κ1) is 19.2. The molecule has 0 bridgehead atoms. The van der Waals surface area contributed by atoms with E-state index in [2.05, 4.69) is 23.0 Å². The highest BCUT2D eigenvalue weighted by molar-refractivity contribution is 7.16. The van der Waals surface area contributed by atoms with Crippen LogP contribution >= 0.6 is 11.3 Å². The van der Waals surface area contributed by atoms with Gasteiger partial charge in [0.2, 0.25) is 6.79 Å². The van der Waals surface area contributed by atoms with Crippen molar-refractivity contribution in [1.29, 1.82) is 0 Å². The van der Waals surface area contributed by atoms with Gasteiger partial charge in [-0.15, -0.1) is 6.42 Å². The highest BCUT2D eigenvalue weighted by atomic mass is 32.1. The Morgan fingerprint density at radius 3 is 2.48 bits per heavy atom. The molecule has 0 fully saturated rings. The van der Waals surface area contributed by atoms with Gasteiger partial charge >= 0.3 is 0 Å². The molecule has 0 N–H and O–H groups in total. The minimum absolute atomic E-state index is 0.206. The topological polar surface area (TPSA) is 52.8 Å². The van der Waals surface area contributed by atoms with Crippen LogP contribution < -0.4 is 14.3 Å². The van der Waals surface area contributed by atoms with Gasteiger partial charge in [0.05, 0.1) is 16.8 Å². The maximum atomic E-state index is 12.8. The number of carbonyl (C=O) groups is 1. The molecular formula is C25H18N2O3S. The van der Waals surface area contributed by atoms with Gasteiger partial charge in [0.1, 0.15) is 0 Å². The summed E-state index contributed by atoms with van der Waals surface area (Å²) in [5.74, 6) is 3.70. The van der Waals surface area contributed by atoms with Crippen molar-refractivity contribution in [3.63, 3.8) is 0 Å². The predicted octanol–water partition coefficient (Wildman–Crippen LogP) is 4.40. The number of amides is 1. The highest BCUT2D eigenvalue weighted by Crippen LogP contribution is 2.36. The summed E-state index contributed by atoms with van der Waals surface area (Å²) >= 11 is 1.40. The molecule has 5 rings (SSSR count). The van der Waals surface area contributed by atoms with Crippen molar-refractivity contribution in [2.24, 2.45) is 4.99 Å². The zero-order chi connectivity index (χ0) is 21.2. The van der Waals surface area contributed by atoms with E-state index in [4.69, 9.17) is 15.9 Å². The third kappa shape index (κ3) is 3.83. The lowest BCUT2D eigenvalue weighted by Crippen LogP contribution is -2.16. The monoisotopic (exact) mass is 426 g/mol. The summed E-state index contributed by atoms with van der Waals surface area (Å²) < 4.78 is 13.7. The second-order valence-electron chi connectivity index (χ2n) is 7.12. The number of fused-ring (bicyclic) bond motifs is 2. The average molecular weight is 426 g/mol. The van der Waals surface area contributed by atoms with Crippen LogP contribution in [0.2, 0.25) is 0 Å². The van der Waals surface area contributed by atoms with Crippen LogP contribution in [0, 0.1) is 12.3 Å². The molecule has 5 nitrogen and oxygen atoms in total. The van der Waals surface area contributed by atoms with Crippen LogP contribution in [0.15, 0.2) is 71.7 Å². The number of benzene rings is 3. The molecular weight excluding hydrogens is 408 g/mol. The number of hydrogen-bond acceptors (Lipinski definition) is 4. The Morgan fingerprint density at radius 1 is 1.03 bits per heavy atom. The number of hydrogen-bond donors (Lipinski definition) is 0. The third-order valence-corrected chi connectivity index (χ3v) is 6.12. The van der Waals surface area contributed by atoms with Gasteiger partial charge in [0.25, 0.3) is 5.91 Å². The number of thiazole rings is 1. The Bertz CT molecular complexity index is 1380. The molecule has 3 aromatic carbocycles. The zero-order valence-electron chi connectivity index (χ0n) is 16.6. The largest absolute Gasteiger partial charge is 0.454 e. The van der Waals surface area contributed by atoms with E-state index in [0.29, 0.717) is 28.4 Å². The molecule has 0 saturated heterocycles.